The van der Waals surface area contributed by atoms with E-state index in [0.29, 0.717) is 19.7 Å². The Labute approximate surface area is 218 Å². The molecule has 0 radical (unpaired) electrons. The lowest BCUT2D eigenvalue weighted by Gasteiger charge is -2.17. The number of carbonyl (C=O) groups is 1. The number of hydrogen-bond acceptors (Lipinski definition) is 4. The van der Waals surface area contributed by atoms with Crippen LogP contribution in [0.3, 0.4) is 0 Å². The summed E-state index contributed by atoms with van der Waals surface area (Å²) in [6.07, 6.45) is 6.17. The minimum Gasteiger partial charge on any atom is -0.492 e. The molecule has 190 valence electrons. The van der Waals surface area contributed by atoms with Gasteiger partial charge in [-0.1, -0.05) is 61.5 Å². The van der Waals surface area contributed by atoms with Crippen molar-refractivity contribution in [1.82, 2.24) is 20.4 Å². The zero-order valence-corrected chi connectivity index (χ0v) is 21.7. The van der Waals surface area contributed by atoms with Gasteiger partial charge in [-0.2, -0.15) is 5.10 Å². The van der Waals surface area contributed by atoms with Gasteiger partial charge in [-0.3, -0.25) is 9.89 Å². The van der Waals surface area contributed by atoms with E-state index >= 15 is 0 Å². The number of hydrogen-bond donors (Lipinski definition) is 2. The van der Waals surface area contributed by atoms with Gasteiger partial charge in [0, 0.05) is 38.6 Å². The number of aromatic amines is 1. The number of nitrogens with one attached hydrogen (secondary N) is 2. The first kappa shape index (κ1) is 25.9. The summed E-state index contributed by atoms with van der Waals surface area (Å²) in [5.74, 6) is 0.806. The van der Waals surface area contributed by atoms with Crippen molar-refractivity contribution in [3.8, 4) is 5.75 Å². The molecule has 1 aromatic heterocycles. The van der Waals surface area contributed by atoms with Crippen molar-refractivity contribution < 1.29 is 9.53 Å². The topological polar surface area (TPSA) is 70.2 Å². The number of carbonyl (C=O) groups excluding carboxylic acids is 1. The largest absolute Gasteiger partial charge is 0.492 e. The Hall–Kier alpha value is -4.16. The van der Waals surface area contributed by atoms with Gasteiger partial charge in [0.25, 0.3) is 0 Å². The molecule has 1 amide bonds. The highest BCUT2D eigenvalue weighted by molar-refractivity contribution is 6.00. The Morgan fingerprint density at radius 3 is 2.49 bits per heavy atom. The van der Waals surface area contributed by atoms with Crippen molar-refractivity contribution in [2.24, 2.45) is 0 Å². The maximum Gasteiger partial charge on any atom is 0.245 e. The molecule has 6 nitrogen and oxygen atoms in total. The number of amides is 1. The molecule has 37 heavy (non-hydrogen) atoms. The van der Waals surface area contributed by atoms with Crippen LogP contribution in [0.5, 0.6) is 5.75 Å². The Bertz CT molecular complexity index is 1370. The quantitative estimate of drug-likeness (QED) is 0.163. The third-order valence-corrected chi connectivity index (χ3v) is 6.16. The maximum absolute atomic E-state index is 11.5. The van der Waals surface area contributed by atoms with Crippen LogP contribution in [0.1, 0.15) is 30.0 Å². The van der Waals surface area contributed by atoms with E-state index in [0.717, 1.165) is 34.2 Å². The minimum atomic E-state index is -0.0188. The second-order valence-electron chi connectivity index (χ2n) is 8.96. The molecule has 0 aliphatic carbocycles. The summed E-state index contributed by atoms with van der Waals surface area (Å²) in [5.41, 5.74) is 7.06. The number of likely N-dealkylation sites (N-methyl/N-ethyl adjacent to an activating group) is 1. The molecule has 0 atom stereocenters. The Morgan fingerprint density at radius 1 is 1.00 bits per heavy atom. The maximum atomic E-state index is 11.5. The molecule has 0 saturated heterocycles. The minimum absolute atomic E-state index is 0.0188. The van der Waals surface area contributed by atoms with E-state index in [1.54, 1.807) is 25.1 Å². The van der Waals surface area contributed by atoms with Crippen LogP contribution in [0.15, 0.2) is 91.1 Å². The van der Waals surface area contributed by atoms with Crippen molar-refractivity contribution in [2.75, 3.05) is 33.8 Å². The fraction of sp³-hybridized carbons (Fsp3) is 0.226. The molecule has 0 aliphatic heterocycles. The van der Waals surface area contributed by atoms with Crippen molar-refractivity contribution in [3.05, 3.63) is 108 Å². The average molecular weight is 495 g/mol. The lowest BCUT2D eigenvalue weighted by molar-refractivity contribution is -0.123. The molecule has 0 fully saturated rings. The van der Waals surface area contributed by atoms with E-state index in [-0.39, 0.29) is 5.91 Å². The molecule has 1 heterocycles. The SMILES string of the molecule is CCC(=C(c1ccc(OCCNCC=CC(=O)N(C)C)cc1)c1ccc2[nH]ncc2c1)c1ccccc1. The lowest BCUT2D eigenvalue weighted by Crippen LogP contribution is -2.22. The Balaban J connectivity index is 1.50. The number of allylic oxidation sites excluding steroid dienone is 1. The van der Waals surface area contributed by atoms with Crippen molar-refractivity contribution in [1.29, 1.82) is 0 Å². The van der Waals surface area contributed by atoms with Gasteiger partial charge in [-0.05, 0) is 58.5 Å². The summed E-state index contributed by atoms with van der Waals surface area (Å²) < 4.78 is 5.94. The van der Waals surface area contributed by atoms with Crippen LogP contribution in [0.25, 0.3) is 22.0 Å². The highest BCUT2D eigenvalue weighted by Gasteiger charge is 2.14. The first-order chi connectivity index (χ1) is 18.1. The number of rotatable bonds is 11. The standard InChI is InChI=1S/C31H34N4O2/c1-4-28(23-9-6-5-7-10-23)31(25-14-17-29-26(21-25)22-33-34-29)24-12-15-27(16-13-24)37-20-19-32-18-8-11-30(36)35(2)3/h5-17,21-22,32H,4,18-20H2,1-3H3,(H,33,34). The predicted molar refractivity (Wildman–Crippen MR) is 151 cm³/mol. The highest BCUT2D eigenvalue weighted by atomic mass is 16.5. The third kappa shape index (κ3) is 6.74. The van der Waals surface area contributed by atoms with E-state index in [2.05, 4.69) is 83.1 Å². The predicted octanol–water partition coefficient (Wildman–Crippen LogP) is 5.54. The normalized spacial score (nSPS) is 12.1. The number of benzene rings is 3. The molecule has 0 spiro atoms. The van der Waals surface area contributed by atoms with Crippen molar-refractivity contribution in [3.63, 3.8) is 0 Å². The molecule has 0 bridgehead atoms. The van der Waals surface area contributed by atoms with Crippen LogP contribution in [-0.4, -0.2) is 54.8 Å². The zero-order chi connectivity index (χ0) is 26.0. The van der Waals surface area contributed by atoms with E-state index in [1.165, 1.54) is 16.7 Å². The van der Waals surface area contributed by atoms with Gasteiger partial charge in [0.05, 0.1) is 11.7 Å². The second-order valence-corrected chi connectivity index (χ2v) is 8.96. The molecular weight excluding hydrogens is 460 g/mol. The zero-order valence-electron chi connectivity index (χ0n) is 21.7. The van der Waals surface area contributed by atoms with Crippen LogP contribution in [0.4, 0.5) is 0 Å². The summed E-state index contributed by atoms with van der Waals surface area (Å²) in [6.45, 7) is 4.05. The van der Waals surface area contributed by atoms with Gasteiger partial charge in [-0.25, -0.2) is 0 Å². The van der Waals surface area contributed by atoms with Gasteiger partial charge in [0.2, 0.25) is 5.91 Å². The number of aromatic nitrogens is 2. The van der Waals surface area contributed by atoms with Crippen LogP contribution in [-0.2, 0) is 4.79 Å². The fourth-order valence-corrected chi connectivity index (χ4v) is 4.23. The van der Waals surface area contributed by atoms with E-state index in [1.807, 2.05) is 24.4 Å². The van der Waals surface area contributed by atoms with Crippen LogP contribution < -0.4 is 10.1 Å². The fourth-order valence-electron chi connectivity index (χ4n) is 4.23. The van der Waals surface area contributed by atoms with Crippen LogP contribution in [0, 0.1) is 0 Å². The van der Waals surface area contributed by atoms with E-state index in [4.69, 9.17) is 4.74 Å². The molecule has 0 unspecified atom stereocenters. The number of fused-ring (bicyclic) bond motifs is 1. The van der Waals surface area contributed by atoms with Gasteiger partial charge >= 0.3 is 0 Å². The second kappa shape index (κ2) is 12.7. The molecule has 0 aliphatic rings. The molecule has 0 saturated carbocycles. The molecule has 2 N–H and O–H groups in total. The summed E-state index contributed by atoms with van der Waals surface area (Å²) in [6, 6.07) is 25.3. The average Bonchev–Trinajstić information content (AvgIpc) is 3.40. The van der Waals surface area contributed by atoms with Crippen molar-refractivity contribution in [2.45, 2.75) is 13.3 Å². The number of ether oxygens (including phenoxy) is 1. The Morgan fingerprint density at radius 2 is 1.76 bits per heavy atom. The van der Waals surface area contributed by atoms with E-state index in [9.17, 15) is 4.79 Å². The summed E-state index contributed by atoms with van der Waals surface area (Å²) in [5, 5.41) is 11.6. The van der Waals surface area contributed by atoms with Gasteiger partial charge < -0.3 is 15.0 Å². The molecule has 3 aromatic carbocycles. The van der Waals surface area contributed by atoms with Gasteiger partial charge in [-0.15, -0.1) is 0 Å². The van der Waals surface area contributed by atoms with Crippen LogP contribution in [0.2, 0.25) is 0 Å². The van der Waals surface area contributed by atoms with Gasteiger partial charge in [0.1, 0.15) is 12.4 Å². The molecule has 4 rings (SSSR count). The Kier molecular flexibility index (Phi) is 8.89. The first-order valence-corrected chi connectivity index (χ1v) is 12.6. The van der Waals surface area contributed by atoms with Crippen LogP contribution >= 0.6 is 0 Å². The van der Waals surface area contributed by atoms with Crippen molar-refractivity contribution >= 4 is 28.0 Å². The summed E-state index contributed by atoms with van der Waals surface area (Å²) in [4.78, 5) is 13.1. The van der Waals surface area contributed by atoms with E-state index < -0.39 is 0 Å². The highest BCUT2D eigenvalue weighted by Crippen LogP contribution is 2.36. The summed E-state index contributed by atoms with van der Waals surface area (Å²) >= 11 is 0. The first-order valence-electron chi connectivity index (χ1n) is 12.6. The third-order valence-electron chi connectivity index (χ3n) is 6.16. The monoisotopic (exact) mass is 494 g/mol. The molecule has 4 aromatic rings. The van der Waals surface area contributed by atoms with Gasteiger partial charge in [0.15, 0.2) is 0 Å². The number of H-pyrrole nitrogens is 1. The smallest absolute Gasteiger partial charge is 0.245 e. The lowest BCUT2D eigenvalue weighted by atomic mass is 9.88. The summed E-state index contributed by atoms with van der Waals surface area (Å²) in [7, 11) is 3.47. The molecule has 6 heteroatoms. The molecular formula is C31H34N4O2. The number of nitrogens with zero attached hydrogens (tertiary/aromatic N) is 2.